The molecular weight excluding hydrogens is 308 g/mol. The second-order valence-corrected chi connectivity index (χ2v) is 6.56. The first-order chi connectivity index (χ1) is 11.3. The maximum absolute atomic E-state index is 12.1. The summed E-state index contributed by atoms with van der Waals surface area (Å²) in [5.74, 6) is 0. The number of ether oxygens (including phenoxy) is 1. The predicted octanol–water partition coefficient (Wildman–Crippen LogP) is 2.45. The number of hydrogen-bond donors (Lipinski definition) is 1. The molecule has 1 N–H and O–H groups in total. The van der Waals surface area contributed by atoms with Crippen LogP contribution in [0, 0.1) is 11.3 Å². The summed E-state index contributed by atoms with van der Waals surface area (Å²) in [6.45, 7) is 8.17. The van der Waals surface area contributed by atoms with Crippen LogP contribution < -0.4 is 4.90 Å². The van der Waals surface area contributed by atoms with Crippen LogP contribution in [-0.2, 0) is 4.74 Å². The molecule has 2 rings (SSSR count). The fourth-order valence-electron chi connectivity index (χ4n) is 2.45. The Balaban J connectivity index is 1.95. The van der Waals surface area contributed by atoms with Crippen molar-refractivity contribution >= 4 is 17.5 Å². The number of piperazine rings is 1. The summed E-state index contributed by atoms with van der Waals surface area (Å²) in [5.41, 5.74) is 1.06. The van der Waals surface area contributed by atoms with E-state index in [4.69, 9.17) is 15.2 Å². The van der Waals surface area contributed by atoms with Crippen LogP contribution in [0.5, 0.6) is 0 Å². The number of hydrogen-bond acceptors (Lipinski definition) is 6. The predicted molar refractivity (Wildman–Crippen MR) is 90.4 cm³/mol. The monoisotopic (exact) mass is 330 g/mol. The van der Waals surface area contributed by atoms with Crippen molar-refractivity contribution in [2.45, 2.75) is 26.4 Å². The number of benzene rings is 1. The molecule has 0 unspecified atom stereocenters. The molecular formula is C17H22N4O3. The highest BCUT2D eigenvalue weighted by atomic mass is 16.6. The standard InChI is InChI=1S/C17H22N4O3/c1-17(2,3)24-16(22)21-10-8-20(9-11-21)14-6-4-13(5-7-14)15(12-18)19-23/h4-7,23H,8-11H2,1-3H3/b19-15+. The lowest BCUT2D eigenvalue weighted by atomic mass is 10.1. The van der Waals surface area contributed by atoms with E-state index in [0.717, 1.165) is 5.69 Å². The molecule has 0 aromatic heterocycles. The maximum Gasteiger partial charge on any atom is 0.410 e. The van der Waals surface area contributed by atoms with Crippen molar-refractivity contribution in [2.75, 3.05) is 31.1 Å². The Kier molecular flexibility index (Phi) is 5.29. The van der Waals surface area contributed by atoms with Gasteiger partial charge in [-0.3, -0.25) is 0 Å². The molecule has 24 heavy (non-hydrogen) atoms. The third-order valence-corrected chi connectivity index (χ3v) is 3.64. The van der Waals surface area contributed by atoms with Crippen molar-refractivity contribution in [2.24, 2.45) is 5.16 Å². The number of nitrogens with zero attached hydrogens (tertiary/aromatic N) is 4. The molecule has 1 aromatic rings. The summed E-state index contributed by atoms with van der Waals surface area (Å²) in [7, 11) is 0. The van der Waals surface area contributed by atoms with Crippen LogP contribution in [0.3, 0.4) is 0 Å². The van der Waals surface area contributed by atoms with E-state index in [1.54, 1.807) is 17.0 Å². The van der Waals surface area contributed by atoms with E-state index < -0.39 is 5.60 Å². The van der Waals surface area contributed by atoms with Crippen molar-refractivity contribution in [3.8, 4) is 6.07 Å². The van der Waals surface area contributed by atoms with Crippen molar-refractivity contribution in [3.05, 3.63) is 29.8 Å². The fourth-order valence-corrected chi connectivity index (χ4v) is 2.45. The van der Waals surface area contributed by atoms with Gasteiger partial charge in [0.15, 0.2) is 5.71 Å². The number of carbonyl (C=O) groups is 1. The molecule has 1 aliphatic rings. The average Bonchev–Trinajstić information content (AvgIpc) is 2.55. The van der Waals surface area contributed by atoms with Crippen LogP contribution in [-0.4, -0.2) is 53.7 Å². The zero-order valence-corrected chi connectivity index (χ0v) is 14.2. The molecule has 0 atom stereocenters. The van der Waals surface area contributed by atoms with Crippen LogP contribution in [0.1, 0.15) is 26.3 Å². The summed E-state index contributed by atoms with van der Waals surface area (Å²) >= 11 is 0. The van der Waals surface area contributed by atoms with Crippen molar-refractivity contribution in [3.63, 3.8) is 0 Å². The van der Waals surface area contributed by atoms with E-state index in [1.165, 1.54) is 0 Å². The van der Waals surface area contributed by atoms with Gasteiger partial charge in [0, 0.05) is 37.4 Å². The first-order valence-corrected chi connectivity index (χ1v) is 7.79. The lowest BCUT2D eigenvalue weighted by Crippen LogP contribution is -2.50. The number of oxime groups is 1. The van der Waals surface area contributed by atoms with Gasteiger partial charge >= 0.3 is 6.09 Å². The first kappa shape index (κ1) is 17.6. The molecule has 0 aliphatic carbocycles. The second-order valence-electron chi connectivity index (χ2n) is 6.56. The van der Waals surface area contributed by atoms with Gasteiger partial charge in [0.1, 0.15) is 11.7 Å². The van der Waals surface area contributed by atoms with E-state index in [1.807, 2.05) is 39.0 Å². The Labute approximate surface area is 141 Å². The Morgan fingerprint density at radius 1 is 1.21 bits per heavy atom. The van der Waals surface area contributed by atoms with Crippen LogP contribution in [0.4, 0.5) is 10.5 Å². The summed E-state index contributed by atoms with van der Waals surface area (Å²) in [5, 5.41) is 20.6. The number of nitriles is 1. The Bertz CT molecular complexity index is 648. The summed E-state index contributed by atoms with van der Waals surface area (Å²) in [6, 6.07) is 9.07. The van der Waals surface area contributed by atoms with Gasteiger partial charge in [0.25, 0.3) is 0 Å². The summed E-state index contributed by atoms with van der Waals surface area (Å²) in [4.78, 5) is 15.9. The molecule has 1 aromatic carbocycles. The molecule has 1 saturated heterocycles. The minimum atomic E-state index is -0.489. The molecule has 0 spiro atoms. The number of rotatable bonds is 2. The van der Waals surface area contributed by atoms with E-state index in [0.29, 0.717) is 31.7 Å². The topological polar surface area (TPSA) is 89.2 Å². The number of carbonyl (C=O) groups excluding carboxylic acids is 1. The molecule has 7 heteroatoms. The van der Waals surface area contributed by atoms with Crippen LogP contribution in [0.25, 0.3) is 0 Å². The van der Waals surface area contributed by atoms with Gasteiger partial charge in [-0.05, 0) is 45.0 Å². The zero-order valence-electron chi connectivity index (χ0n) is 14.2. The van der Waals surface area contributed by atoms with E-state index in [2.05, 4.69) is 10.1 Å². The van der Waals surface area contributed by atoms with E-state index in [9.17, 15) is 4.79 Å². The Hall–Kier alpha value is -2.75. The smallest absolute Gasteiger partial charge is 0.410 e. The van der Waals surface area contributed by atoms with Gasteiger partial charge in [-0.2, -0.15) is 5.26 Å². The molecule has 0 radical (unpaired) electrons. The van der Waals surface area contributed by atoms with Gasteiger partial charge in [0.05, 0.1) is 0 Å². The summed E-state index contributed by atoms with van der Waals surface area (Å²) in [6.07, 6.45) is -0.282. The SMILES string of the molecule is CC(C)(C)OC(=O)N1CCN(c2ccc(/C(C#N)=N/O)cc2)CC1. The number of amides is 1. The largest absolute Gasteiger partial charge is 0.444 e. The van der Waals surface area contributed by atoms with Gasteiger partial charge < -0.3 is 19.7 Å². The minimum absolute atomic E-state index is 0.0173. The molecule has 7 nitrogen and oxygen atoms in total. The molecule has 1 aliphatic heterocycles. The molecule has 128 valence electrons. The highest BCUT2D eigenvalue weighted by molar-refractivity contribution is 6.11. The molecule has 1 fully saturated rings. The third kappa shape index (κ3) is 4.38. The van der Waals surface area contributed by atoms with Crippen LogP contribution in [0.2, 0.25) is 0 Å². The quantitative estimate of drug-likeness (QED) is 0.511. The van der Waals surface area contributed by atoms with Crippen molar-refractivity contribution in [1.29, 1.82) is 5.26 Å². The lowest BCUT2D eigenvalue weighted by Gasteiger charge is -2.36. The Morgan fingerprint density at radius 2 is 1.79 bits per heavy atom. The lowest BCUT2D eigenvalue weighted by molar-refractivity contribution is 0.0240. The van der Waals surface area contributed by atoms with Gasteiger partial charge in [0.2, 0.25) is 0 Å². The maximum atomic E-state index is 12.1. The Morgan fingerprint density at radius 3 is 2.25 bits per heavy atom. The highest BCUT2D eigenvalue weighted by Gasteiger charge is 2.25. The minimum Gasteiger partial charge on any atom is -0.444 e. The summed E-state index contributed by atoms with van der Waals surface area (Å²) < 4.78 is 5.39. The van der Waals surface area contributed by atoms with E-state index >= 15 is 0 Å². The molecule has 1 amide bonds. The first-order valence-electron chi connectivity index (χ1n) is 7.79. The average molecular weight is 330 g/mol. The molecule has 0 saturated carbocycles. The second kappa shape index (κ2) is 7.21. The van der Waals surface area contributed by atoms with E-state index in [-0.39, 0.29) is 11.8 Å². The van der Waals surface area contributed by atoms with Crippen molar-refractivity contribution < 1.29 is 14.7 Å². The van der Waals surface area contributed by atoms with Crippen LogP contribution >= 0.6 is 0 Å². The van der Waals surface area contributed by atoms with Gasteiger partial charge in [-0.15, -0.1) is 0 Å². The number of anilines is 1. The highest BCUT2D eigenvalue weighted by Crippen LogP contribution is 2.19. The zero-order chi connectivity index (χ0) is 17.7. The molecule has 0 bridgehead atoms. The molecule has 1 heterocycles. The van der Waals surface area contributed by atoms with Crippen LogP contribution in [0.15, 0.2) is 29.4 Å². The van der Waals surface area contributed by atoms with Gasteiger partial charge in [-0.25, -0.2) is 4.79 Å². The van der Waals surface area contributed by atoms with Crippen molar-refractivity contribution in [1.82, 2.24) is 4.90 Å². The fraction of sp³-hybridized carbons (Fsp3) is 0.471. The normalized spacial score (nSPS) is 15.8. The third-order valence-electron chi connectivity index (χ3n) is 3.64. The van der Waals surface area contributed by atoms with Gasteiger partial charge in [-0.1, -0.05) is 5.16 Å².